The van der Waals surface area contributed by atoms with Crippen molar-refractivity contribution in [2.75, 3.05) is 6.35 Å². The first-order chi connectivity index (χ1) is 8.42. The van der Waals surface area contributed by atoms with Crippen molar-refractivity contribution < 1.29 is 9.30 Å². The van der Waals surface area contributed by atoms with E-state index in [0.717, 1.165) is 11.1 Å². The van der Waals surface area contributed by atoms with E-state index in [1.807, 2.05) is 60.7 Å². The molecule has 2 nitrogen and oxygen atoms in total. The Balaban J connectivity index is 2.29. The smallest absolute Gasteiger partial charge is 0.324 e. The summed E-state index contributed by atoms with van der Waals surface area (Å²) in [6.07, 6.45) is 0.118. The van der Waals surface area contributed by atoms with E-state index in [0.29, 0.717) is 0 Å². The zero-order valence-corrected chi connectivity index (χ0v) is 10.4. The van der Waals surface area contributed by atoms with Crippen molar-refractivity contribution in [3.63, 3.8) is 0 Å². The van der Waals surface area contributed by atoms with Crippen LogP contribution in [0.25, 0.3) is 0 Å². The molecule has 17 heavy (non-hydrogen) atoms. The average Bonchev–Trinajstić information content (AvgIpc) is 2.42. The third-order valence-electron chi connectivity index (χ3n) is 2.51. The third-order valence-corrected chi connectivity index (χ3v) is 2.80. The second-order valence-electron chi connectivity index (χ2n) is 3.66. The van der Waals surface area contributed by atoms with E-state index in [1.54, 1.807) is 0 Å². The highest BCUT2D eigenvalue weighted by molar-refractivity contribution is 7.23. The lowest BCUT2D eigenvalue weighted by Crippen LogP contribution is -2.04. The van der Waals surface area contributed by atoms with E-state index in [2.05, 4.69) is 0 Å². The zero-order chi connectivity index (χ0) is 11.9. The monoisotopic (exact) mass is 245 g/mol. The molecule has 0 aliphatic heterocycles. The minimum absolute atomic E-state index is 0.140. The van der Waals surface area contributed by atoms with Gasteiger partial charge in [-0.2, -0.15) is 0 Å². The van der Waals surface area contributed by atoms with E-state index >= 15 is 0 Å². The predicted octanol–water partition coefficient (Wildman–Crippen LogP) is 3.77. The summed E-state index contributed by atoms with van der Waals surface area (Å²) in [5, 5.41) is 0. The van der Waals surface area contributed by atoms with Crippen LogP contribution in [0.3, 0.4) is 0 Å². The highest BCUT2D eigenvalue weighted by Gasteiger charge is 2.15. The van der Waals surface area contributed by atoms with Gasteiger partial charge in [0.25, 0.3) is 0 Å². The summed E-state index contributed by atoms with van der Waals surface area (Å²) in [6.45, 7) is 0. The molecule has 2 aromatic rings. The molecular weight excluding hydrogens is 231 g/mol. The molecule has 0 saturated carbocycles. The fourth-order valence-electron chi connectivity index (χ4n) is 1.76. The summed E-state index contributed by atoms with van der Waals surface area (Å²) in [5.41, 5.74) is 2.16. The van der Waals surface area contributed by atoms with Crippen molar-refractivity contribution in [2.45, 2.75) is 6.10 Å². The quantitative estimate of drug-likeness (QED) is 0.749. The molecule has 0 spiro atoms. The Hall–Kier alpha value is -1.50. The van der Waals surface area contributed by atoms with E-state index < -0.39 is 8.46 Å². The van der Waals surface area contributed by atoms with Crippen LogP contribution in [0.1, 0.15) is 17.2 Å². The molecule has 0 aliphatic rings. The SMILES string of the molecule is O=[PH+]COC(c1ccccc1)c1ccccc1. The highest BCUT2D eigenvalue weighted by Crippen LogP contribution is 2.26. The van der Waals surface area contributed by atoms with Gasteiger partial charge in [-0.05, 0) is 11.1 Å². The van der Waals surface area contributed by atoms with E-state index in [4.69, 9.17) is 4.74 Å². The van der Waals surface area contributed by atoms with Crippen molar-refractivity contribution in [2.24, 2.45) is 0 Å². The van der Waals surface area contributed by atoms with Gasteiger partial charge in [-0.3, -0.25) is 0 Å². The molecule has 1 unspecified atom stereocenters. The first-order valence-electron chi connectivity index (χ1n) is 5.48. The molecule has 0 amide bonds. The van der Waals surface area contributed by atoms with Crippen LogP contribution in [0.4, 0.5) is 0 Å². The Morgan fingerprint density at radius 2 is 1.35 bits per heavy atom. The Morgan fingerprint density at radius 3 is 1.76 bits per heavy atom. The summed E-state index contributed by atoms with van der Waals surface area (Å²) in [6, 6.07) is 19.9. The van der Waals surface area contributed by atoms with Gasteiger partial charge in [-0.15, -0.1) is 0 Å². The number of ether oxygens (including phenoxy) is 1. The normalized spacial score (nSPS) is 10.9. The van der Waals surface area contributed by atoms with Crippen LogP contribution in [0.2, 0.25) is 0 Å². The summed E-state index contributed by atoms with van der Waals surface area (Å²) in [4.78, 5) is 0. The molecule has 0 fully saturated rings. The first-order valence-corrected chi connectivity index (χ1v) is 6.60. The maximum Gasteiger partial charge on any atom is 0.353 e. The van der Waals surface area contributed by atoms with Gasteiger partial charge < -0.3 is 4.74 Å². The van der Waals surface area contributed by atoms with Crippen molar-refractivity contribution in [3.05, 3.63) is 71.8 Å². The summed E-state index contributed by atoms with van der Waals surface area (Å²) < 4.78 is 16.3. The molecule has 0 radical (unpaired) electrons. The molecule has 0 heterocycles. The molecule has 0 aromatic heterocycles. The van der Waals surface area contributed by atoms with Gasteiger partial charge in [0, 0.05) is 0 Å². The largest absolute Gasteiger partial charge is 0.353 e. The number of hydrogen-bond donors (Lipinski definition) is 0. The average molecular weight is 245 g/mol. The van der Waals surface area contributed by atoms with Crippen LogP contribution in [0, 0.1) is 0 Å². The minimum Gasteiger partial charge on any atom is -0.324 e. The van der Waals surface area contributed by atoms with Gasteiger partial charge >= 0.3 is 8.46 Å². The van der Waals surface area contributed by atoms with Crippen molar-refractivity contribution in [3.8, 4) is 0 Å². The van der Waals surface area contributed by atoms with Crippen LogP contribution in [-0.2, 0) is 9.30 Å². The maximum absolute atomic E-state index is 10.6. The molecule has 1 atom stereocenters. The summed E-state index contributed by atoms with van der Waals surface area (Å²) >= 11 is 0. The molecule has 2 rings (SSSR count). The minimum atomic E-state index is -0.432. The van der Waals surface area contributed by atoms with Crippen LogP contribution in [-0.4, -0.2) is 6.35 Å². The van der Waals surface area contributed by atoms with Gasteiger partial charge in [0.2, 0.25) is 6.35 Å². The van der Waals surface area contributed by atoms with Crippen LogP contribution < -0.4 is 0 Å². The highest BCUT2D eigenvalue weighted by atomic mass is 31.1. The van der Waals surface area contributed by atoms with E-state index in [1.165, 1.54) is 0 Å². The first kappa shape index (κ1) is 12.0. The number of rotatable bonds is 5. The Bertz CT molecular complexity index is 417. The molecule has 3 heteroatoms. The zero-order valence-electron chi connectivity index (χ0n) is 9.37. The maximum atomic E-state index is 10.6. The molecule has 86 valence electrons. The van der Waals surface area contributed by atoms with E-state index in [-0.39, 0.29) is 12.5 Å². The van der Waals surface area contributed by atoms with Crippen LogP contribution >= 0.6 is 8.46 Å². The lowest BCUT2D eigenvalue weighted by atomic mass is 10.0. The fraction of sp³-hybridized carbons (Fsp3) is 0.143. The topological polar surface area (TPSA) is 26.3 Å². The van der Waals surface area contributed by atoms with E-state index in [9.17, 15) is 4.57 Å². The Labute approximate surface area is 102 Å². The van der Waals surface area contributed by atoms with Gasteiger partial charge in [-0.1, -0.05) is 65.2 Å². The van der Waals surface area contributed by atoms with Gasteiger partial charge in [0.1, 0.15) is 6.10 Å². The van der Waals surface area contributed by atoms with Crippen LogP contribution in [0.15, 0.2) is 60.7 Å². The fourth-order valence-corrected chi connectivity index (χ4v) is 1.99. The van der Waals surface area contributed by atoms with Crippen molar-refractivity contribution in [1.29, 1.82) is 0 Å². The lowest BCUT2D eigenvalue weighted by Gasteiger charge is -2.15. The van der Waals surface area contributed by atoms with Crippen LogP contribution in [0.5, 0.6) is 0 Å². The summed E-state index contributed by atoms with van der Waals surface area (Å²) in [5.74, 6) is 0. The second-order valence-corrected chi connectivity index (χ2v) is 4.23. The molecule has 0 aliphatic carbocycles. The number of hydrogen-bond acceptors (Lipinski definition) is 2. The Morgan fingerprint density at radius 1 is 0.882 bits per heavy atom. The van der Waals surface area contributed by atoms with Crippen molar-refractivity contribution in [1.82, 2.24) is 0 Å². The summed E-state index contributed by atoms with van der Waals surface area (Å²) in [7, 11) is -0.432. The molecular formula is C14H14O2P+. The predicted molar refractivity (Wildman–Crippen MR) is 69.7 cm³/mol. The molecule has 0 N–H and O–H groups in total. The number of benzene rings is 2. The second kappa shape index (κ2) is 6.29. The third kappa shape index (κ3) is 3.23. The van der Waals surface area contributed by atoms with Gasteiger partial charge in [-0.25, -0.2) is 0 Å². The van der Waals surface area contributed by atoms with Gasteiger partial charge in [0.15, 0.2) is 0 Å². The lowest BCUT2D eigenvalue weighted by molar-refractivity contribution is 0.119. The van der Waals surface area contributed by atoms with Crippen molar-refractivity contribution >= 4 is 8.46 Å². The molecule has 2 aromatic carbocycles. The molecule has 0 bridgehead atoms. The molecule has 0 saturated heterocycles. The Kier molecular flexibility index (Phi) is 4.43. The standard InChI is InChI=1S/C14H13O2P/c15-17-11-16-14(12-7-3-1-4-8-12)13-9-5-2-6-10-13/h1-10,14H,11H2/p+1. The van der Waals surface area contributed by atoms with Gasteiger partial charge in [0.05, 0.1) is 0 Å².